The molecule has 0 aliphatic rings. The van der Waals surface area contributed by atoms with E-state index in [0.29, 0.717) is 12.5 Å². The number of nitrogens with zero attached hydrogens (tertiary/aromatic N) is 2. The van der Waals surface area contributed by atoms with Crippen molar-refractivity contribution in [2.24, 2.45) is 4.99 Å². The number of benzene rings is 2. The second kappa shape index (κ2) is 9.58. The minimum Gasteiger partial charge on any atom is -0.355 e. The van der Waals surface area contributed by atoms with Crippen LogP contribution < -0.4 is 10.6 Å². The zero-order valence-electron chi connectivity index (χ0n) is 13.4. The van der Waals surface area contributed by atoms with Gasteiger partial charge in [-0.3, -0.25) is 10.3 Å². The van der Waals surface area contributed by atoms with Crippen molar-refractivity contribution in [3.8, 4) is 6.19 Å². The quantitative estimate of drug-likeness (QED) is 0.278. The van der Waals surface area contributed by atoms with Crippen LogP contribution in [-0.2, 0) is 0 Å². The third-order valence-corrected chi connectivity index (χ3v) is 4.67. The van der Waals surface area contributed by atoms with Gasteiger partial charge in [-0.25, -0.2) is 4.39 Å². The van der Waals surface area contributed by atoms with Crippen molar-refractivity contribution < 1.29 is 4.39 Å². The smallest absolute Gasteiger partial charge is 0.204 e. The Morgan fingerprint density at radius 1 is 1.17 bits per heavy atom. The molecule has 6 heteroatoms. The molecule has 0 saturated heterocycles. The van der Waals surface area contributed by atoms with Gasteiger partial charge in [0.05, 0.1) is 5.25 Å². The molecule has 0 radical (unpaired) electrons. The van der Waals surface area contributed by atoms with Gasteiger partial charge in [0.2, 0.25) is 5.96 Å². The average Bonchev–Trinajstić information content (AvgIpc) is 2.62. The number of rotatable bonds is 6. The number of guanidine groups is 1. The van der Waals surface area contributed by atoms with E-state index < -0.39 is 0 Å². The second-order valence-electron chi connectivity index (χ2n) is 4.95. The zero-order chi connectivity index (χ0) is 17.2. The highest BCUT2D eigenvalue weighted by atomic mass is 32.2. The van der Waals surface area contributed by atoms with Crippen molar-refractivity contribution in [1.29, 1.82) is 5.26 Å². The summed E-state index contributed by atoms with van der Waals surface area (Å²) in [4.78, 5) is 3.94. The highest BCUT2D eigenvalue weighted by Gasteiger charge is 2.14. The molecule has 24 heavy (non-hydrogen) atoms. The number of hydrogen-bond donors (Lipinski definition) is 2. The van der Waals surface area contributed by atoms with Gasteiger partial charge < -0.3 is 5.32 Å². The molecule has 2 aromatic rings. The lowest BCUT2D eigenvalue weighted by Crippen LogP contribution is -2.35. The van der Waals surface area contributed by atoms with Crippen molar-refractivity contribution in [3.63, 3.8) is 0 Å². The molecule has 0 heterocycles. The fourth-order valence-corrected chi connectivity index (χ4v) is 3.38. The normalized spacial score (nSPS) is 12.3. The standard InChI is InChI=1S/C18H19FN4S/c1-21-18(23-13-20)22-11-12-24-17(14-5-3-2-4-6-14)15-7-9-16(19)10-8-15/h2-10,17H,11-12H2,1H3,(H2,21,22,23). The van der Waals surface area contributed by atoms with E-state index in [2.05, 4.69) is 27.8 Å². The Labute approximate surface area is 145 Å². The summed E-state index contributed by atoms with van der Waals surface area (Å²) in [7, 11) is 1.62. The third-order valence-electron chi connectivity index (χ3n) is 3.35. The summed E-state index contributed by atoms with van der Waals surface area (Å²) in [6, 6.07) is 16.8. The summed E-state index contributed by atoms with van der Waals surface area (Å²) >= 11 is 1.75. The summed E-state index contributed by atoms with van der Waals surface area (Å²) in [6.07, 6.45) is 1.84. The molecule has 0 amide bonds. The molecule has 0 saturated carbocycles. The Bertz CT molecular complexity index is 695. The lowest BCUT2D eigenvalue weighted by atomic mass is 10.0. The van der Waals surface area contributed by atoms with Gasteiger partial charge in [0.15, 0.2) is 6.19 Å². The highest BCUT2D eigenvalue weighted by Crippen LogP contribution is 2.35. The van der Waals surface area contributed by atoms with Gasteiger partial charge >= 0.3 is 0 Å². The Morgan fingerprint density at radius 3 is 2.46 bits per heavy atom. The molecule has 2 N–H and O–H groups in total. The van der Waals surface area contributed by atoms with E-state index >= 15 is 0 Å². The SMILES string of the molecule is CN=C(NC#N)NCCSC(c1ccccc1)c1ccc(F)cc1. The van der Waals surface area contributed by atoms with E-state index in [1.165, 1.54) is 17.7 Å². The molecule has 0 bridgehead atoms. The fourth-order valence-electron chi connectivity index (χ4n) is 2.23. The van der Waals surface area contributed by atoms with Crippen LogP contribution in [0.1, 0.15) is 16.4 Å². The van der Waals surface area contributed by atoms with Crippen LogP contribution in [0.4, 0.5) is 4.39 Å². The lowest BCUT2D eigenvalue weighted by Gasteiger charge is -2.18. The summed E-state index contributed by atoms with van der Waals surface area (Å²) in [5.74, 6) is 1.03. The molecule has 2 rings (SSSR count). The summed E-state index contributed by atoms with van der Waals surface area (Å²) in [6.45, 7) is 0.663. The van der Waals surface area contributed by atoms with Crippen LogP contribution >= 0.6 is 11.8 Å². The van der Waals surface area contributed by atoms with Crippen molar-refractivity contribution >= 4 is 17.7 Å². The number of hydrogen-bond acceptors (Lipinski definition) is 3. The number of aliphatic imine (C=N–C) groups is 1. The molecule has 4 nitrogen and oxygen atoms in total. The number of halogens is 1. The third kappa shape index (κ3) is 5.28. The maximum Gasteiger partial charge on any atom is 0.204 e. The fraction of sp³-hybridized carbons (Fsp3) is 0.222. The Hall–Kier alpha value is -2.52. The topological polar surface area (TPSA) is 60.2 Å². The maximum absolute atomic E-state index is 13.2. The Morgan fingerprint density at radius 2 is 1.83 bits per heavy atom. The van der Waals surface area contributed by atoms with Crippen molar-refractivity contribution in [2.45, 2.75) is 5.25 Å². The molecule has 0 spiro atoms. The van der Waals surface area contributed by atoms with E-state index in [1.807, 2.05) is 36.5 Å². The molecule has 2 aromatic carbocycles. The molecule has 124 valence electrons. The summed E-state index contributed by atoms with van der Waals surface area (Å²) in [5, 5.41) is 14.3. The van der Waals surface area contributed by atoms with Gasteiger partial charge in [-0.1, -0.05) is 42.5 Å². The molecule has 0 aromatic heterocycles. The number of thioether (sulfide) groups is 1. The van der Waals surface area contributed by atoms with Crippen LogP contribution in [0, 0.1) is 17.3 Å². The zero-order valence-corrected chi connectivity index (χ0v) is 14.2. The predicted molar refractivity (Wildman–Crippen MR) is 97.3 cm³/mol. The van der Waals surface area contributed by atoms with Gasteiger partial charge in [0, 0.05) is 19.3 Å². The van der Waals surface area contributed by atoms with Gasteiger partial charge in [0.25, 0.3) is 0 Å². The van der Waals surface area contributed by atoms with Crippen molar-refractivity contribution in [1.82, 2.24) is 10.6 Å². The van der Waals surface area contributed by atoms with E-state index in [0.717, 1.165) is 11.3 Å². The van der Waals surface area contributed by atoms with Gasteiger partial charge in [-0.2, -0.15) is 5.26 Å². The van der Waals surface area contributed by atoms with Gasteiger partial charge in [0.1, 0.15) is 5.82 Å². The summed E-state index contributed by atoms with van der Waals surface area (Å²) < 4.78 is 13.2. The van der Waals surface area contributed by atoms with Crippen LogP contribution in [-0.4, -0.2) is 25.3 Å². The molecular formula is C18H19FN4S. The monoisotopic (exact) mass is 342 g/mol. The lowest BCUT2D eigenvalue weighted by molar-refractivity contribution is 0.627. The maximum atomic E-state index is 13.2. The first-order chi connectivity index (χ1) is 11.7. The molecule has 1 unspecified atom stereocenters. The first-order valence-electron chi connectivity index (χ1n) is 7.52. The van der Waals surface area contributed by atoms with Crippen LogP contribution in [0.2, 0.25) is 0 Å². The molecular weight excluding hydrogens is 323 g/mol. The molecule has 0 aliphatic heterocycles. The Balaban J connectivity index is 2.02. The molecule has 0 aliphatic carbocycles. The highest BCUT2D eigenvalue weighted by molar-refractivity contribution is 7.99. The Kier molecular flexibility index (Phi) is 7.12. The molecule has 1 atom stereocenters. The van der Waals surface area contributed by atoms with Crippen LogP contribution in [0.15, 0.2) is 59.6 Å². The van der Waals surface area contributed by atoms with E-state index in [9.17, 15) is 4.39 Å². The number of nitriles is 1. The summed E-state index contributed by atoms with van der Waals surface area (Å²) in [5.41, 5.74) is 2.24. The van der Waals surface area contributed by atoms with Gasteiger partial charge in [-0.15, -0.1) is 11.8 Å². The number of nitrogens with one attached hydrogen (secondary N) is 2. The first kappa shape index (κ1) is 17.8. The first-order valence-corrected chi connectivity index (χ1v) is 8.57. The second-order valence-corrected chi connectivity index (χ2v) is 6.16. The minimum atomic E-state index is -0.233. The van der Waals surface area contributed by atoms with Gasteiger partial charge in [-0.05, 0) is 23.3 Å². The largest absolute Gasteiger partial charge is 0.355 e. The van der Waals surface area contributed by atoms with E-state index in [-0.39, 0.29) is 11.1 Å². The van der Waals surface area contributed by atoms with E-state index in [4.69, 9.17) is 5.26 Å². The van der Waals surface area contributed by atoms with Crippen molar-refractivity contribution in [3.05, 3.63) is 71.5 Å². The van der Waals surface area contributed by atoms with Crippen LogP contribution in [0.5, 0.6) is 0 Å². The predicted octanol–water partition coefficient (Wildman–Crippen LogP) is 3.29. The average molecular weight is 342 g/mol. The van der Waals surface area contributed by atoms with E-state index in [1.54, 1.807) is 18.8 Å². The van der Waals surface area contributed by atoms with Crippen LogP contribution in [0.3, 0.4) is 0 Å². The minimum absolute atomic E-state index is 0.125. The van der Waals surface area contributed by atoms with Crippen LogP contribution in [0.25, 0.3) is 0 Å². The molecule has 0 fully saturated rings. The van der Waals surface area contributed by atoms with Crippen molar-refractivity contribution in [2.75, 3.05) is 19.3 Å².